The molecule has 0 saturated carbocycles. The van der Waals surface area contributed by atoms with Gasteiger partial charge in [-0.3, -0.25) is 9.59 Å². The van der Waals surface area contributed by atoms with Gasteiger partial charge in [0.1, 0.15) is 17.1 Å². The highest BCUT2D eigenvalue weighted by Crippen LogP contribution is 2.40. The number of nitrogens with two attached hydrogens (primary N) is 1. The van der Waals surface area contributed by atoms with Gasteiger partial charge in [-0.2, -0.15) is 5.10 Å². The van der Waals surface area contributed by atoms with E-state index >= 15 is 0 Å². The standard InChI is InChI=1S/C23H28BrN5O2/c1-4-18(30)28-9-6-15(7-10-28)17-5-8-26-23-19(22(25)31)21(27-29(17)23)16-11-13(2)20(24)14(3)12-16/h4,11-12,15,17,26H,1,5-10H2,2-3H3,(H2,25,31). The van der Waals surface area contributed by atoms with Crippen LogP contribution in [0, 0.1) is 19.8 Å². The van der Waals surface area contributed by atoms with E-state index in [4.69, 9.17) is 10.8 Å². The summed E-state index contributed by atoms with van der Waals surface area (Å²) in [6, 6.07) is 4.24. The molecule has 2 aromatic rings. The highest BCUT2D eigenvalue weighted by Gasteiger charge is 2.35. The van der Waals surface area contributed by atoms with Crippen molar-refractivity contribution in [1.82, 2.24) is 14.7 Å². The molecule has 3 heterocycles. The van der Waals surface area contributed by atoms with E-state index < -0.39 is 5.91 Å². The molecule has 3 N–H and O–H groups in total. The fourth-order valence-corrected chi connectivity index (χ4v) is 5.12. The van der Waals surface area contributed by atoms with Crippen LogP contribution >= 0.6 is 15.9 Å². The van der Waals surface area contributed by atoms with Crippen LogP contribution in [0.3, 0.4) is 0 Å². The van der Waals surface area contributed by atoms with Crippen molar-refractivity contribution in [3.63, 3.8) is 0 Å². The van der Waals surface area contributed by atoms with Crippen LogP contribution in [-0.4, -0.2) is 46.1 Å². The summed E-state index contributed by atoms with van der Waals surface area (Å²) in [6.07, 6.45) is 4.11. The third-order valence-corrected chi connectivity index (χ3v) is 7.73. The number of fused-ring (bicyclic) bond motifs is 1. The number of hydrogen-bond donors (Lipinski definition) is 2. The molecule has 0 radical (unpaired) electrons. The van der Waals surface area contributed by atoms with E-state index in [-0.39, 0.29) is 11.9 Å². The zero-order valence-corrected chi connectivity index (χ0v) is 19.5. The molecule has 31 heavy (non-hydrogen) atoms. The molecular weight excluding hydrogens is 458 g/mol. The number of halogens is 1. The number of primary amides is 1. The van der Waals surface area contributed by atoms with Crippen LogP contribution in [0.1, 0.15) is 46.8 Å². The number of carbonyl (C=O) groups excluding carboxylic acids is 2. The molecule has 2 aliphatic rings. The fourth-order valence-electron chi connectivity index (χ4n) is 4.89. The van der Waals surface area contributed by atoms with Gasteiger partial charge in [-0.1, -0.05) is 22.5 Å². The summed E-state index contributed by atoms with van der Waals surface area (Å²) < 4.78 is 3.03. The second kappa shape index (κ2) is 8.49. The lowest BCUT2D eigenvalue weighted by Crippen LogP contribution is -2.41. The first-order valence-electron chi connectivity index (χ1n) is 10.7. The average molecular weight is 486 g/mol. The molecule has 4 rings (SSSR count). The van der Waals surface area contributed by atoms with Gasteiger partial charge in [0, 0.05) is 29.7 Å². The number of likely N-dealkylation sites (tertiary alicyclic amines) is 1. The van der Waals surface area contributed by atoms with Gasteiger partial charge in [0.25, 0.3) is 5.91 Å². The lowest BCUT2D eigenvalue weighted by atomic mass is 9.87. The summed E-state index contributed by atoms with van der Waals surface area (Å²) in [5, 5.41) is 8.28. The number of piperidine rings is 1. The van der Waals surface area contributed by atoms with Crippen molar-refractivity contribution in [3.05, 3.63) is 46.0 Å². The van der Waals surface area contributed by atoms with Gasteiger partial charge in [0.15, 0.2) is 0 Å². The molecule has 1 unspecified atom stereocenters. The molecule has 1 aromatic carbocycles. The highest BCUT2D eigenvalue weighted by molar-refractivity contribution is 9.10. The lowest BCUT2D eigenvalue weighted by molar-refractivity contribution is -0.127. The minimum Gasteiger partial charge on any atom is -0.370 e. The molecule has 2 aliphatic heterocycles. The van der Waals surface area contributed by atoms with Crippen LogP contribution in [0.15, 0.2) is 29.3 Å². The normalized spacial score (nSPS) is 18.9. The van der Waals surface area contributed by atoms with Crippen LogP contribution in [0.25, 0.3) is 11.3 Å². The Bertz CT molecular complexity index is 1030. The number of aromatic nitrogens is 2. The van der Waals surface area contributed by atoms with E-state index in [1.165, 1.54) is 6.08 Å². The maximum absolute atomic E-state index is 12.5. The summed E-state index contributed by atoms with van der Waals surface area (Å²) in [5.74, 6) is 0.606. The van der Waals surface area contributed by atoms with E-state index in [0.717, 1.165) is 60.1 Å². The van der Waals surface area contributed by atoms with Crippen molar-refractivity contribution < 1.29 is 9.59 Å². The fraction of sp³-hybridized carbons (Fsp3) is 0.435. The summed E-state index contributed by atoms with van der Waals surface area (Å²) in [5.41, 5.74) is 9.95. The molecule has 2 amide bonds. The van der Waals surface area contributed by atoms with Crippen molar-refractivity contribution in [1.29, 1.82) is 0 Å². The Kier molecular flexibility index (Phi) is 5.92. The number of carbonyl (C=O) groups is 2. The van der Waals surface area contributed by atoms with Crippen molar-refractivity contribution >= 4 is 33.6 Å². The van der Waals surface area contributed by atoms with Crippen LogP contribution in [0.2, 0.25) is 0 Å². The Labute approximate surface area is 190 Å². The number of rotatable bonds is 4. The van der Waals surface area contributed by atoms with E-state index in [2.05, 4.69) is 27.8 Å². The van der Waals surface area contributed by atoms with Crippen molar-refractivity contribution in [2.24, 2.45) is 11.7 Å². The summed E-state index contributed by atoms with van der Waals surface area (Å²) >= 11 is 3.61. The number of nitrogens with zero attached hydrogens (tertiary/aromatic N) is 3. The zero-order valence-electron chi connectivity index (χ0n) is 17.9. The molecule has 1 atom stereocenters. The number of hydrogen-bond acceptors (Lipinski definition) is 4. The van der Waals surface area contributed by atoms with Gasteiger partial charge in [-0.15, -0.1) is 0 Å². The Morgan fingerprint density at radius 2 is 1.87 bits per heavy atom. The predicted octanol–water partition coefficient (Wildman–Crippen LogP) is 3.81. The molecular formula is C23H28BrN5O2. The molecule has 0 bridgehead atoms. The van der Waals surface area contributed by atoms with Gasteiger partial charge < -0.3 is 16.0 Å². The molecule has 1 aromatic heterocycles. The zero-order chi connectivity index (χ0) is 22.3. The van der Waals surface area contributed by atoms with E-state index in [1.54, 1.807) is 0 Å². The number of aryl methyl sites for hydroxylation is 2. The highest BCUT2D eigenvalue weighted by atomic mass is 79.9. The van der Waals surface area contributed by atoms with Crippen molar-refractivity contribution in [2.45, 2.75) is 39.2 Å². The van der Waals surface area contributed by atoms with Crippen LogP contribution < -0.4 is 11.1 Å². The monoisotopic (exact) mass is 485 g/mol. The van der Waals surface area contributed by atoms with Gasteiger partial charge in [-0.25, -0.2) is 4.68 Å². The first-order valence-corrected chi connectivity index (χ1v) is 11.5. The summed E-state index contributed by atoms with van der Waals surface area (Å²) in [4.78, 5) is 26.2. The average Bonchev–Trinajstić information content (AvgIpc) is 3.16. The summed E-state index contributed by atoms with van der Waals surface area (Å²) in [7, 11) is 0. The molecule has 1 fully saturated rings. The van der Waals surface area contributed by atoms with E-state index in [0.29, 0.717) is 23.0 Å². The molecule has 0 spiro atoms. The second-order valence-electron chi connectivity index (χ2n) is 8.45. The largest absolute Gasteiger partial charge is 0.370 e. The van der Waals surface area contributed by atoms with Crippen LogP contribution in [-0.2, 0) is 4.79 Å². The Balaban J connectivity index is 1.71. The SMILES string of the molecule is C=CC(=O)N1CCC(C2CCNc3c(C(N)=O)c(-c4cc(C)c(Br)c(C)c4)nn32)CC1. The van der Waals surface area contributed by atoms with Gasteiger partial charge in [-0.05, 0) is 68.4 Å². The quantitative estimate of drug-likeness (QED) is 0.643. The van der Waals surface area contributed by atoms with Crippen LogP contribution in [0.4, 0.5) is 5.82 Å². The van der Waals surface area contributed by atoms with Crippen molar-refractivity contribution in [3.8, 4) is 11.3 Å². The molecule has 0 aliphatic carbocycles. The lowest BCUT2D eigenvalue weighted by Gasteiger charge is -2.38. The molecule has 1 saturated heterocycles. The van der Waals surface area contributed by atoms with Crippen molar-refractivity contribution in [2.75, 3.05) is 25.0 Å². The third kappa shape index (κ3) is 3.89. The van der Waals surface area contributed by atoms with Crippen LogP contribution in [0.5, 0.6) is 0 Å². The van der Waals surface area contributed by atoms with E-state index in [1.807, 2.05) is 35.6 Å². The Hall–Kier alpha value is -2.61. The van der Waals surface area contributed by atoms with E-state index in [9.17, 15) is 9.59 Å². The summed E-state index contributed by atoms with van der Waals surface area (Å²) in [6.45, 7) is 9.85. The first kappa shape index (κ1) is 21.6. The Morgan fingerprint density at radius 1 is 1.23 bits per heavy atom. The first-order chi connectivity index (χ1) is 14.8. The maximum atomic E-state index is 12.5. The topological polar surface area (TPSA) is 93.2 Å². The molecule has 8 heteroatoms. The molecule has 7 nitrogen and oxygen atoms in total. The number of anilines is 1. The van der Waals surface area contributed by atoms with Gasteiger partial charge in [0.2, 0.25) is 5.91 Å². The number of nitrogens with one attached hydrogen (secondary N) is 1. The third-order valence-electron chi connectivity index (χ3n) is 6.48. The second-order valence-corrected chi connectivity index (χ2v) is 9.25. The minimum absolute atomic E-state index is 0.0113. The predicted molar refractivity (Wildman–Crippen MR) is 125 cm³/mol. The smallest absolute Gasteiger partial charge is 0.254 e. The number of benzene rings is 1. The van der Waals surface area contributed by atoms with Gasteiger partial charge >= 0.3 is 0 Å². The minimum atomic E-state index is -0.478. The van der Waals surface area contributed by atoms with Gasteiger partial charge in [0.05, 0.1) is 6.04 Å². The maximum Gasteiger partial charge on any atom is 0.254 e. The molecule has 164 valence electrons. The number of amides is 2. The Morgan fingerprint density at radius 3 is 2.45 bits per heavy atom.